The summed E-state index contributed by atoms with van der Waals surface area (Å²) in [6, 6.07) is 4.60. The van der Waals surface area contributed by atoms with Gasteiger partial charge in [0.2, 0.25) is 0 Å². The van der Waals surface area contributed by atoms with Crippen LogP contribution >= 0.6 is 0 Å². The molecule has 1 aromatic rings. The zero-order valence-electron chi connectivity index (χ0n) is 8.61. The molecule has 2 atom stereocenters. The highest BCUT2D eigenvalue weighted by molar-refractivity contribution is 5.08. The van der Waals surface area contributed by atoms with Crippen LogP contribution in [0.15, 0.2) is 18.3 Å². The Balaban J connectivity index is 1.97. The van der Waals surface area contributed by atoms with Crippen molar-refractivity contribution < 1.29 is 5.11 Å². The molecule has 0 unspecified atom stereocenters. The third kappa shape index (κ3) is 1.83. The van der Waals surface area contributed by atoms with Crippen LogP contribution in [-0.4, -0.2) is 34.7 Å². The first kappa shape index (κ1) is 9.74. The number of aromatic amines is 1. The minimum Gasteiger partial charge on any atom is -0.396 e. The number of hydrogen-bond donors (Lipinski definition) is 2. The molecule has 0 spiro atoms. The number of H-pyrrole nitrogens is 1. The second kappa shape index (κ2) is 4.15. The maximum absolute atomic E-state index is 9.06. The first-order chi connectivity index (χ1) is 6.81. The Morgan fingerprint density at radius 3 is 3.14 bits per heavy atom. The number of rotatable bonds is 3. The average Bonchev–Trinajstić information content (AvgIpc) is 2.88. The Morgan fingerprint density at radius 2 is 2.57 bits per heavy atom. The van der Waals surface area contributed by atoms with Crippen LogP contribution in [-0.2, 0) is 0 Å². The largest absolute Gasteiger partial charge is 0.396 e. The quantitative estimate of drug-likeness (QED) is 0.763. The number of nitrogens with one attached hydrogen (secondary N) is 1. The first-order valence-corrected chi connectivity index (χ1v) is 5.29. The van der Waals surface area contributed by atoms with Gasteiger partial charge in [-0.2, -0.15) is 0 Å². The van der Waals surface area contributed by atoms with Gasteiger partial charge in [-0.05, 0) is 37.9 Å². The summed E-state index contributed by atoms with van der Waals surface area (Å²) in [6.45, 7) is 4.67. The normalized spacial score (nSPS) is 25.4. The maximum atomic E-state index is 9.06. The van der Waals surface area contributed by atoms with Gasteiger partial charge in [0.1, 0.15) is 0 Å². The van der Waals surface area contributed by atoms with Crippen molar-refractivity contribution in [1.29, 1.82) is 0 Å². The van der Waals surface area contributed by atoms with E-state index in [0.717, 1.165) is 19.5 Å². The van der Waals surface area contributed by atoms with Crippen molar-refractivity contribution in [2.45, 2.75) is 19.4 Å². The first-order valence-electron chi connectivity index (χ1n) is 5.29. The van der Waals surface area contributed by atoms with Gasteiger partial charge in [-0.25, -0.2) is 0 Å². The van der Waals surface area contributed by atoms with Gasteiger partial charge in [0.05, 0.1) is 0 Å². The molecule has 0 saturated carbocycles. The Hall–Kier alpha value is -0.800. The van der Waals surface area contributed by atoms with Crippen molar-refractivity contribution >= 4 is 0 Å². The molecule has 0 aliphatic carbocycles. The highest BCUT2D eigenvalue weighted by Crippen LogP contribution is 2.25. The van der Waals surface area contributed by atoms with Crippen LogP contribution in [0.5, 0.6) is 0 Å². The summed E-state index contributed by atoms with van der Waals surface area (Å²) in [5, 5.41) is 9.06. The summed E-state index contributed by atoms with van der Waals surface area (Å²) in [6.07, 6.45) is 3.09. The fourth-order valence-corrected chi connectivity index (χ4v) is 2.16. The van der Waals surface area contributed by atoms with Gasteiger partial charge in [-0.15, -0.1) is 0 Å². The second-order valence-corrected chi connectivity index (χ2v) is 4.13. The fraction of sp³-hybridized carbons (Fsp3) is 0.636. The number of nitrogens with zero attached hydrogens (tertiary/aromatic N) is 1. The molecule has 2 rings (SSSR count). The number of hydrogen-bond acceptors (Lipinski definition) is 2. The van der Waals surface area contributed by atoms with Crippen molar-refractivity contribution in [1.82, 2.24) is 9.88 Å². The molecule has 2 N–H and O–H groups in total. The molecule has 1 saturated heterocycles. The molecule has 1 aromatic heterocycles. The predicted octanol–water partition coefficient (Wildman–Crippen LogP) is 1.39. The van der Waals surface area contributed by atoms with Crippen LogP contribution in [0.1, 0.15) is 25.1 Å². The highest BCUT2D eigenvalue weighted by Gasteiger charge is 2.26. The smallest absolute Gasteiger partial charge is 0.0471 e. The van der Waals surface area contributed by atoms with Crippen molar-refractivity contribution in [3.05, 3.63) is 24.0 Å². The molecular weight excluding hydrogens is 176 g/mol. The van der Waals surface area contributed by atoms with E-state index in [1.165, 1.54) is 5.69 Å². The number of likely N-dealkylation sites (tertiary alicyclic amines) is 1. The van der Waals surface area contributed by atoms with Crippen molar-refractivity contribution in [2.75, 3.05) is 19.7 Å². The Bertz CT molecular complexity index is 271. The monoisotopic (exact) mass is 194 g/mol. The molecule has 2 heterocycles. The fourth-order valence-electron chi connectivity index (χ4n) is 2.16. The van der Waals surface area contributed by atoms with Crippen LogP contribution < -0.4 is 0 Å². The average molecular weight is 194 g/mol. The minimum atomic E-state index is 0.327. The molecule has 0 aromatic carbocycles. The molecule has 1 fully saturated rings. The Labute approximate surface area is 84.7 Å². The molecular formula is C11H18N2O. The van der Waals surface area contributed by atoms with Gasteiger partial charge < -0.3 is 10.1 Å². The van der Waals surface area contributed by atoms with E-state index in [-0.39, 0.29) is 0 Å². The number of aromatic nitrogens is 1. The van der Waals surface area contributed by atoms with E-state index in [4.69, 9.17) is 5.11 Å². The lowest BCUT2D eigenvalue weighted by Gasteiger charge is -2.23. The van der Waals surface area contributed by atoms with E-state index < -0.39 is 0 Å². The Morgan fingerprint density at radius 1 is 1.71 bits per heavy atom. The lowest BCUT2D eigenvalue weighted by molar-refractivity contribution is 0.203. The van der Waals surface area contributed by atoms with Crippen LogP contribution in [0.2, 0.25) is 0 Å². The van der Waals surface area contributed by atoms with Crippen LogP contribution in [0.3, 0.4) is 0 Å². The van der Waals surface area contributed by atoms with E-state index in [1.807, 2.05) is 12.3 Å². The number of aliphatic hydroxyl groups excluding tert-OH is 1. The molecule has 78 valence electrons. The van der Waals surface area contributed by atoms with Crippen LogP contribution in [0.25, 0.3) is 0 Å². The van der Waals surface area contributed by atoms with Gasteiger partial charge >= 0.3 is 0 Å². The van der Waals surface area contributed by atoms with Gasteiger partial charge in [0.15, 0.2) is 0 Å². The van der Waals surface area contributed by atoms with Crippen molar-refractivity contribution in [3.8, 4) is 0 Å². The van der Waals surface area contributed by atoms with Gasteiger partial charge in [0.25, 0.3) is 0 Å². The standard InChI is InChI=1S/C11H18N2O/c1-9(11-3-2-5-12-11)13-6-4-10(7-13)8-14/h2-3,5,9-10,12,14H,4,6-8H2,1H3/t9-,10-/m0/s1. The van der Waals surface area contributed by atoms with Crippen molar-refractivity contribution in [3.63, 3.8) is 0 Å². The van der Waals surface area contributed by atoms with Gasteiger partial charge in [-0.1, -0.05) is 0 Å². The van der Waals surface area contributed by atoms with E-state index >= 15 is 0 Å². The third-order valence-electron chi connectivity index (χ3n) is 3.20. The maximum Gasteiger partial charge on any atom is 0.0471 e. The summed E-state index contributed by atoms with van der Waals surface area (Å²) < 4.78 is 0. The van der Waals surface area contributed by atoms with Gasteiger partial charge in [-0.3, -0.25) is 4.90 Å². The summed E-state index contributed by atoms with van der Waals surface area (Å²) in [5.41, 5.74) is 1.27. The van der Waals surface area contributed by atoms with Crippen LogP contribution in [0, 0.1) is 5.92 Å². The number of aliphatic hydroxyl groups is 1. The molecule has 1 aliphatic heterocycles. The second-order valence-electron chi connectivity index (χ2n) is 4.13. The summed E-state index contributed by atoms with van der Waals surface area (Å²) in [5.74, 6) is 0.479. The summed E-state index contributed by atoms with van der Waals surface area (Å²) in [7, 11) is 0. The topological polar surface area (TPSA) is 39.3 Å². The summed E-state index contributed by atoms with van der Waals surface area (Å²) in [4.78, 5) is 5.67. The Kier molecular flexibility index (Phi) is 2.89. The zero-order valence-corrected chi connectivity index (χ0v) is 8.61. The van der Waals surface area contributed by atoms with Crippen LogP contribution in [0.4, 0.5) is 0 Å². The molecule has 0 radical (unpaired) electrons. The van der Waals surface area contributed by atoms with E-state index in [0.29, 0.717) is 18.6 Å². The molecule has 1 aliphatic rings. The lowest BCUT2D eigenvalue weighted by atomic mass is 10.1. The zero-order chi connectivity index (χ0) is 9.97. The SMILES string of the molecule is C[C@@H](c1ccc[nH]1)N1CC[C@H](CO)C1. The molecule has 3 nitrogen and oxygen atoms in total. The van der Waals surface area contributed by atoms with E-state index in [9.17, 15) is 0 Å². The van der Waals surface area contributed by atoms with E-state index in [2.05, 4.69) is 22.9 Å². The minimum absolute atomic E-state index is 0.327. The summed E-state index contributed by atoms with van der Waals surface area (Å²) >= 11 is 0. The molecule has 14 heavy (non-hydrogen) atoms. The lowest BCUT2D eigenvalue weighted by Crippen LogP contribution is -2.25. The van der Waals surface area contributed by atoms with E-state index in [1.54, 1.807) is 0 Å². The van der Waals surface area contributed by atoms with Gasteiger partial charge in [0, 0.05) is 31.1 Å². The molecule has 0 amide bonds. The predicted molar refractivity (Wildman–Crippen MR) is 56.0 cm³/mol. The third-order valence-corrected chi connectivity index (χ3v) is 3.20. The highest BCUT2D eigenvalue weighted by atomic mass is 16.3. The molecule has 0 bridgehead atoms. The van der Waals surface area contributed by atoms with Crippen molar-refractivity contribution in [2.24, 2.45) is 5.92 Å². The molecule has 3 heteroatoms.